The number of aromatic nitrogens is 1. The first kappa shape index (κ1) is 23.8. The molecule has 1 aliphatic heterocycles. The Morgan fingerprint density at radius 2 is 1.88 bits per heavy atom. The maximum atomic E-state index is 14.2. The van der Waals surface area contributed by atoms with Crippen LogP contribution in [-0.4, -0.2) is 53.0 Å². The van der Waals surface area contributed by atoms with Gasteiger partial charge in [-0.15, -0.1) is 0 Å². The molecule has 0 saturated heterocycles. The van der Waals surface area contributed by atoms with E-state index in [-0.39, 0.29) is 17.8 Å². The van der Waals surface area contributed by atoms with Gasteiger partial charge in [-0.25, -0.2) is 0 Å². The average molecular weight is 474 g/mol. The molecular formula is C24H25F3N4O3. The van der Waals surface area contributed by atoms with E-state index < -0.39 is 40.3 Å². The molecule has 10 heteroatoms. The SMILES string of the molecule is CCN(CC)CCN1C(=O)C(O)(c2ccc3[nH]ccc3c2)c2c1cc(C(N)=O)cc2C(F)(F)F. The first-order chi connectivity index (χ1) is 16.0. The van der Waals surface area contributed by atoms with Crippen LogP contribution in [0.15, 0.2) is 42.6 Å². The lowest BCUT2D eigenvalue weighted by molar-refractivity contribution is -0.142. The molecule has 2 aromatic carbocycles. The summed E-state index contributed by atoms with van der Waals surface area (Å²) < 4.78 is 42.7. The molecule has 1 aliphatic rings. The molecule has 3 aromatic rings. The number of carbonyl (C=O) groups is 2. The lowest BCUT2D eigenvalue weighted by Crippen LogP contribution is -2.44. The van der Waals surface area contributed by atoms with Crippen molar-refractivity contribution in [2.24, 2.45) is 5.73 Å². The van der Waals surface area contributed by atoms with Crippen molar-refractivity contribution in [3.63, 3.8) is 0 Å². The summed E-state index contributed by atoms with van der Waals surface area (Å²) in [7, 11) is 0. The van der Waals surface area contributed by atoms with Gasteiger partial charge in [0.25, 0.3) is 5.91 Å². The van der Waals surface area contributed by atoms with Crippen LogP contribution in [0.2, 0.25) is 0 Å². The quantitative estimate of drug-likeness (QED) is 0.489. The molecule has 1 atom stereocenters. The molecule has 180 valence electrons. The molecule has 0 spiro atoms. The highest BCUT2D eigenvalue weighted by Gasteiger charge is 2.56. The van der Waals surface area contributed by atoms with Gasteiger partial charge in [0.1, 0.15) is 0 Å². The number of alkyl halides is 3. The van der Waals surface area contributed by atoms with Crippen LogP contribution in [-0.2, 0) is 16.6 Å². The molecule has 34 heavy (non-hydrogen) atoms. The molecule has 2 amide bonds. The van der Waals surface area contributed by atoms with Crippen molar-refractivity contribution in [1.82, 2.24) is 9.88 Å². The Labute approximate surface area is 193 Å². The van der Waals surface area contributed by atoms with Crippen molar-refractivity contribution >= 4 is 28.4 Å². The zero-order valence-corrected chi connectivity index (χ0v) is 18.7. The summed E-state index contributed by atoms with van der Waals surface area (Å²) in [4.78, 5) is 31.6. The number of amides is 2. The fourth-order valence-electron chi connectivity index (χ4n) is 4.55. The zero-order chi connectivity index (χ0) is 24.8. The van der Waals surface area contributed by atoms with Crippen LogP contribution in [0.3, 0.4) is 0 Å². The molecule has 4 rings (SSSR count). The molecule has 0 radical (unpaired) electrons. The third-order valence-corrected chi connectivity index (χ3v) is 6.42. The number of aliphatic hydroxyl groups is 1. The second kappa shape index (κ2) is 8.44. The number of benzene rings is 2. The Bertz CT molecular complexity index is 1270. The number of likely N-dealkylation sites (N-methyl/N-ethyl adjacent to an activating group) is 1. The minimum Gasteiger partial charge on any atom is -0.372 e. The van der Waals surface area contributed by atoms with Crippen molar-refractivity contribution in [1.29, 1.82) is 0 Å². The normalized spacial score (nSPS) is 18.2. The summed E-state index contributed by atoms with van der Waals surface area (Å²) in [6.45, 7) is 5.61. The third kappa shape index (κ3) is 3.72. The standard InChI is InChI=1S/C24H25F3N4O3/c1-3-30(4-2)9-10-31-19-13-15(21(28)32)12-17(24(25,26)27)20(19)23(34,22(31)33)16-5-6-18-14(11-16)7-8-29-18/h5-8,11-13,29,34H,3-4,9-10H2,1-2H3,(H2,28,32). The summed E-state index contributed by atoms with van der Waals surface area (Å²) in [6.07, 6.45) is -3.30. The van der Waals surface area contributed by atoms with Gasteiger partial charge in [0.15, 0.2) is 5.60 Å². The van der Waals surface area contributed by atoms with Crippen LogP contribution in [0.25, 0.3) is 10.9 Å². The number of nitrogens with one attached hydrogen (secondary N) is 1. The molecular weight excluding hydrogens is 449 g/mol. The number of rotatable bonds is 7. The number of nitrogens with two attached hydrogens (primary N) is 1. The van der Waals surface area contributed by atoms with E-state index in [0.29, 0.717) is 36.6 Å². The van der Waals surface area contributed by atoms with Crippen LogP contribution in [0.5, 0.6) is 0 Å². The summed E-state index contributed by atoms with van der Waals surface area (Å²) in [6, 6.07) is 7.96. The maximum Gasteiger partial charge on any atom is 0.416 e. The number of anilines is 1. The summed E-state index contributed by atoms with van der Waals surface area (Å²) in [5.41, 5.74) is 1.01. The number of carbonyl (C=O) groups excluding carboxylic acids is 2. The molecule has 1 unspecified atom stereocenters. The number of nitrogens with zero attached hydrogens (tertiary/aromatic N) is 2. The van der Waals surface area contributed by atoms with E-state index in [2.05, 4.69) is 4.98 Å². The van der Waals surface area contributed by atoms with E-state index in [1.165, 1.54) is 12.1 Å². The van der Waals surface area contributed by atoms with Gasteiger partial charge < -0.3 is 25.6 Å². The van der Waals surface area contributed by atoms with Gasteiger partial charge in [-0.1, -0.05) is 19.9 Å². The number of fused-ring (bicyclic) bond motifs is 2. The third-order valence-electron chi connectivity index (χ3n) is 6.42. The second-order valence-corrected chi connectivity index (χ2v) is 8.25. The molecule has 0 fully saturated rings. The molecule has 0 aliphatic carbocycles. The highest BCUT2D eigenvalue weighted by atomic mass is 19.4. The van der Waals surface area contributed by atoms with E-state index in [1.807, 2.05) is 18.7 Å². The van der Waals surface area contributed by atoms with Crippen LogP contribution < -0.4 is 10.6 Å². The number of hydrogen-bond acceptors (Lipinski definition) is 4. The van der Waals surface area contributed by atoms with Crippen molar-refractivity contribution < 1.29 is 27.9 Å². The van der Waals surface area contributed by atoms with E-state index in [9.17, 15) is 27.9 Å². The Morgan fingerprint density at radius 3 is 2.50 bits per heavy atom. The van der Waals surface area contributed by atoms with Crippen molar-refractivity contribution in [2.45, 2.75) is 25.6 Å². The van der Waals surface area contributed by atoms with Crippen LogP contribution in [0, 0.1) is 0 Å². The van der Waals surface area contributed by atoms with Gasteiger partial charge >= 0.3 is 6.18 Å². The van der Waals surface area contributed by atoms with Crippen LogP contribution in [0.4, 0.5) is 18.9 Å². The Balaban J connectivity index is 1.97. The average Bonchev–Trinajstić information content (AvgIpc) is 3.35. The van der Waals surface area contributed by atoms with Crippen molar-refractivity contribution in [2.75, 3.05) is 31.1 Å². The number of aromatic amines is 1. The van der Waals surface area contributed by atoms with Crippen LogP contribution >= 0.6 is 0 Å². The number of hydrogen-bond donors (Lipinski definition) is 3. The highest BCUT2D eigenvalue weighted by molar-refractivity contribution is 6.11. The fraction of sp³-hybridized carbons (Fsp3) is 0.333. The first-order valence-electron chi connectivity index (χ1n) is 10.9. The van der Waals surface area contributed by atoms with E-state index in [1.54, 1.807) is 18.3 Å². The fourth-order valence-corrected chi connectivity index (χ4v) is 4.55. The molecule has 7 nitrogen and oxygen atoms in total. The summed E-state index contributed by atoms with van der Waals surface area (Å²) in [5.74, 6) is -1.97. The zero-order valence-electron chi connectivity index (χ0n) is 18.7. The minimum absolute atomic E-state index is 0.00788. The Hall–Kier alpha value is -3.37. The first-order valence-corrected chi connectivity index (χ1v) is 10.9. The lowest BCUT2D eigenvalue weighted by Gasteiger charge is -2.26. The predicted octanol–water partition coefficient (Wildman–Crippen LogP) is 3.21. The van der Waals surface area contributed by atoms with E-state index in [4.69, 9.17) is 5.73 Å². The van der Waals surface area contributed by atoms with Crippen molar-refractivity contribution in [3.8, 4) is 0 Å². The summed E-state index contributed by atoms with van der Waals surface area (Å²) >= 11 is 0. The number of primary amides is 1. The molecule has 4 N–H and O–H groups in total. The van der Waals surface area contributed by atoms with E-state index in [0.717, 1.165) is 11.0 Å². The van der Waals surface area contributed by atoms with E-state index >= 15 is 0 Å². The van der Waals surface area contributed by atoms with Crippen molar-refractivity contribution in [3.05, 3.63) is 64.8 Å². The van der Waals surface area contributed by atoms with Gasteiger partial charge in [-0.3, -0.25) is 9.59 Å². The molecule has 1 aromatic heterocycles. The van der Waals surface area contributed by atoms with Gasteiger partial charge in [0.2, 0.25) is 5.91 Å². The van der Waals surface area contributed by atoms with Gasteiger partial charge in [-0.2, -0.15) is 13.2 Å². The Morgan fingerprint density at radius 1 is 1.18 bits per heavy atom. The topological polar surface area (TPSA) is 103 Å². The predicted molar refractivity (Wildman–Crippen MR) is 121 cm³/mol. The highest BCUT2D eigenvalue weighted by Crippen LogP contribution is 2.50. The smallest absolute Gasteiger partial charge is 0.372 e. The monoisotopic (exact) mass is 474 g/mol. The van der Waals surface area contributed by atoms with Gasteiger partial charge in [-0.05, 0) is 54.4 Å². The molecule has 2 heterocycles. The number of halogens is 3. The Kier molecular flexibility index (Phi) is 5.91. The minimum atomic E-state index is -4.95. The number of H-pyrrole nitrogens is 1. The second-order valence-electron chi connectivity index (χ2n) is 8.25. The van der Waals surface area contributed by atoms with Gasteiger partial charge in [0.05, 0.1) is 11.3 Å². The molecule has 0 saturated carbocycles. The van der Waals surface area contributed by atoms with Gasteiger partial charge in [0, 0.05) is 35.9 Å². The molecule has 0 bridgehead atoms. The largest absolute Gasteiger partial charge is 0.416 e. The lowest BCUT2D eigenvalue weighted by atomic mass is 9.83. The summed E-state index contributed by atoms with van der Waals surface area (Å²) in [5, 5.41) is 12.4. The van der Waals surface area contributed by atoms with Crippen LogP contribution in [0.1, 0.15) is 40.9 Å². The maximum absolute atomic E-state index is 14.2.